The average molecular weight is 178 g/mol. The van der Waals surface area contributed by atoms with Gasteiger partial charge in [-0.3, -0.25) is 9.72 Å². The van der Waals surface area contributed by atoms with Crippen molar-refractivity contribution in [3.8, 4) is 0 Å². The maximum atomic E-state index is 10.3. The van der Waals surface area contributed by atoms with E-state index in [0.717, 1.165) is 0 Å². The zero-order valence-corrected chi connectivity index (χ0v) is 6.51. The summed E-state index contributed by atoms with van der Waals surface area (Å²) >= 11 is 0. The van der Waals surface area contributed by atoms with Crippen molar-refractivity contribution in [3.05, 3.63) is 24.7 Å². The summed E-state index contributed by atoms with van der Waals surface area (Å²) in [7, 11) is 0. The molecular formula is C7H6N4O2. The van der Waals surface area contributed by atoms with Gasteiger partial charge in [-0.25, -0.2) is 4.79 Å². The summed E-state index contributed by atoms with van der Waals surface area (Å²) in [5.74, 6) is 0. The standard InChI is InChI=1S/C7H6N4O2/c12-7(13)9-5-1-2-6-10-8-4-11(6)3-5/h1-4,9H,(H,12,13). The lowest BCUT2D eigenvalue weighted by Gasteiger charge is -1.99. The second kappa shape index (κ2) is 2.74. The van der Waals surface area contributed by atoms with Crippen LogP contribution in [0.2, 0.25) is 0 Å². The number of amides is 1. The predicted octanol–water partition coefficient (Wildman–Crippen LogP) is 0.819. The van der Waals surface area contributed by atoms with Gasteiger partial charge >= 0.3 is 6.09 Å². The fraction of sp³-hybridized carbons (Fsp3) is 0. The molecule has 66 valence electrons. The Hall–Kier alpha value is -2.11. The van der Waals surface area contributed by atoms with Crippen molar-refractivity contribution in [2.45, 2.75) is 0 Å². The number of carbonyl (C=O) groups is 1. The first-order valence-corrected chi connectivity index (χ1v) is 3.55. The van der Waals surface area contributed by atoms with Crippen molar-refractivity contribution in [1.29, 1.82) is 0 Å². The van der Waals surface area contributed by atoms with E-state index in [1.807, 2.05) is 0 Å². The minimum absolute atomic E-state index is 0.486. The van der Waals surface area contributed by atoms with Crippen LogP contribution in [0.1, 0.15) is 0 Å². The zero-order valence-electron chi connectivity index (χ0n) is 6.51. The third kappa shape index (κ3) is 1.41. The van der Waals surface area contributed by atoms with Crippen molar-refractivity contribution in [3.63, 3.8) is 0 Å². The minimum Gasteiger partial charge on any atom is -0.465 e. The van der Waals surface area contributed by atoms with Crippen molar-refractivity contribution >= 4 is 17.4 Å². The Kier molecular flexibility index (Phi) is 1.59. The summed E-state index contributed by atoms with van der Waals surface area (Å²) in [6.07, 6.45) is 2.01. The predicted molar refractivity (Wildman–Crippen MR) is 44.6 cm³/mol. The van der Waals surface area contributed by atoms with Gasteiger partial charge in [0.15, 0.2) is 5.65 Å². The number of aromatic nitrogens is 3. The Morgan fingerprint density at radius 3 is 3.15 bits per heavy atom. The Morgan fingerprint density at radius 2 is 2.38 bits per heavy atom. The lowest BCUT2D eigenvalue weighted by molar-refractivity contribution is 0.209. The highest BCUT2D eigenvalue weighted by Gasteiger charge is 1.99. The van der Waals surface area contributed by atoms with Crippen LogP contribution in [0.5, 0.6) is 0 Å². The van der Waals surface area contributed by atoms with Crippen molar-refractivity contribution in [2.75, 3.05) is 5.32 Å². The summed E-state index contributed by atoms with van der Waals surface area (Å²) in [5, 5.41) is 18.1. The van der Waals surface area contributed by atoms with Gasteiger partial charge in [0.1, 0.15) is 6.33 Å². The van der Waals surface area contributed by atoms with E-state index in [9.17, 15) is 4.79 Å². The van der Waals surface area contributed by atoms with Crippen LogP contribution in [0.25, 0.3) is 5.65 Å². The summed E-state index contributed by atoms with van der Waals surface area (Å²) in [6, 6.07) is 3.30. The molecule has 2 heterocycles. The molecular weight excluding hydrogens is 172 g/mol. The smallest absolute Gasteiger partial charge is 0.409 e. The van der Waals surface area contributed by atoms with E-state index >= 15 is 0 Å². The van der Waals surface area contributed by atoms with Gasteiger partial charge in [0, 0.05) is 6.20 Å². The fourth-order valence-electron chi connectivity index (χ4n) is 1.02. The van der Waals surface area contributed by atoms with Crippen molar-refractivity contribution in [1.82, 2.24) is 14.6 Å². The molecule has 0 aliphatic rings. The van der Waals surface area contributed by atoms with Crippen LogP contribution in [-0.2, 0) is 0 Å². The molecule has 0 fully saturated rings. The number of rotatable bonds is 1. The number of nitrogens with zero attached hydrogens (tertiary/aromatic N) is 3. The number of hydrogen-bond acceptors (Lipinski definition) is 3. The Bertz CT molecular complexity index is 450. The highest BCUT2D eigenvalue weighted by molar-refractivity contribution is 5.82. The third-order valence-corrected chi connectivity index (χ3v) is 1.54. The van der Waals surface area contributed by atoms with Gasteiger partial charge < -0.3 is 5.11 Å². The Morgan fingerprint density at radius 1 is 1.54 bits per heavy atom. The van der Waals surface area contributed by atoms with E-state index in [1.165, 1.54) is 6.33 Å². The number of hydrogen-bond donors (Lipinski definition) is 2. The van der Waals surface area contributed by atoms with Crippen molar-refractivity contribution in [2.24, 2.45) is 0 Å². The number of anilines is 1. The molecule has 2 aromatic heterocycles. The molecule has 0 radical (unpaired) electrons. The molecule has 0 saturated heterocycles. The molecule has 13 heavy (non-hydrogen) atoms. The maximum absolute atomic E-state index is 10.3. The van der Waals surface area contributed by atoms with Crippen LogP contribution < -0.4 is 5.32 Å². The first-order chi connectivity index (χ1) is 6.25. The summed E-state index contributed by atoms with van der Waals surface area (Å²) in [5.41, 5.74) is 1.16. The lowest BCUT2D eigenvalue weighted by atomic mass is 10.4. The molecule has 0 spiro atoms. The van der Waals surface area contributed by atoms with E-state index < -0.39 is 6.09 Å². The highest BCUT2D eigenvalue weighted by atomic mass is 16.4. The van der Waals surface area contributed by atoms with Crippen LogP contribution in [-0.4, -0.2) is 25.8 Å². The third-order valence-electron chi connectivity index (χ3n) is 1.54. The van der Waals surface area contributed by atoms with Crippen LogP contribution >= 0.6 is 0 Å². The number of carboxylic acid groups (broad SMARTS) is 1. The minimum atomic E-state index is -1.09. The SMILES string of the molecule is O=C(O)Nc1ccc2nncn2c1. The largest absolute Gasteiger partial charge is 0.465 e. The van der Waals surface area contributed by atoms with E-state index in [-0.39, 0.29) is 0 Å². The van der Waals surface area contributed by atoms with Crippen LogP contribution in [0.15, 0.2) is 24.7 Å². The molecule has 2 N–H and O–H groups in total. The van der Waals surface area contributed by atoms with E-state index in [2.05, 4.69) is 15.5 Å². The van der Waals surface area contributed by atoms with Gasteiger partial charge in [-0.05, 0) is 12.1 Å². The second-order valence-corrected chi connectivity index (χ2v) is 2.44. The Balaban J connectivity index is 2.42. The second-order valence-electron chi connectivity index (χ2n) is 2.44. The molecule has 2 aromatic rings. The monoisotopic (exact) mass is 178 g/mol. The first kappa shape index (κ1) is 7.53. The van der Waals surface area contributed by atoms with Gasteiger partial charge in [0.25, 0.3) is 0 Å². The van der Waals surface area contributed by atoms with Crippen LogP contribution in [0.4, 0.5) is 10.5 Å². The topological polar surface area (TPSA) is 79.5 Å². The number of fused-ring (bicyclic) bond motifs is 1. The molecule has 0 aliphatic carbocycles. The molecule has 0 bridgehead atoms. The molecule has 6 nitrogen and oxygen atoms in total. The summed E-state index contributed by atoms with van der Waals surface area (Å²) in [6.45, 7) is 0. The molecule has 6 heteroatoms. The molecule has 0 aromatic carbocycles. The molecule has 0 saturated carbocycles. The summed E-state index contributed by atoms with van der Waals surface area (Å²) < 4.78 is 1.63. The lowest BCUT2D eigenvalue weighted by Crippen LogP contribution is -2.07. The number of pyridine rings is 1. The van der Waals surface area contributed by atoms with Gasteiger partial charge in [-0.15, -0.1) is 10.2 Å². The first-order valence-electron chi connectivity index (χ1n) is 3.55. The fourth-order valence-corrected chi connectivity index (χ4v) is 1.02. The van der Waals surface area contributed by atoms with Gasteiger partial charge in [0.05, 0.1) is 5.69 Å². The van der Waals surface area contributed by atoms with E-state index in [1.54, 1.807) is 22.7 Å². The van der Waals surface area contributed by atoms with E-state index in [0.29, 0.717) is 11.3 Å². The molecule has 1 amide bonds. The molecule has 0 unspecified atom stereocenters. The molecule has 0 atom stereocenters. The number of nitrogens with one attached hydrogen (secondary N) is 1. The van der Waals surface area contributed by atoms with Crippen LogP contribution in [0.3, 0.4) is 0 Å². The molecule has 0 aliphatic heterocycles. The summed E-state index contributed by atoms with van der Waals surface area (Å²) in [4.78, 5) is 10.3. The maximum Gasteiger partial charge on any atom is 0.409 e. The molecule has 2 rings (SSSR count). The van der Waals surface area contributed by atoms with Gasteiger partial charge in [-0.1, -0.05) is 0 Å². The van der Waals surface area contributed by atoms with Crippen LogP contribution in [0, 0.1) is 0 Å². The highest BCUT2D eigenvalue weighted by Crippen LogP contribution is 2.08. The van der Waals surface area contributed by atoms with E-state index in [4.69, 9.17) is 5.11 Å². The average Bonchev–Trinajstić information content (AvgIpc) is 2.49. The van der Waals surface area contributed by atoms with Crippen molar-refractivity contribution < 1.29 is 9.90 Å². The Labute approximate surface area is 72.8 Å². The normalized spacial score (nSPS) is 10.2. The quantitative estimate of drug-likeness (QED) is 0.677. The zero-order chi connectivity index (χ0) is 9.26. The van der Waals surface area contributed by atoms with Gasteiger partial charge in [-0.2, -0.15) is 0 Å². The van der Waals surface area contributed by atoms with Gasteiger partial charge in [0.2, 0.25) is 0 Å².